The molecule has 8 aromatic rings. The zero-order valence-corrected chi connectivity index (χ0v) is 20.9. The molecule has 7 aromatic carbocycles. The van der Waals surface area contributed by atoms with Gasteiger partial charge < -0.3 is 4.42 Å². The zero-order valence-electron chi connectivity index (χ0n) is 25.9. The molecule has 1 heterocycles. The SMILES string of the molecule is [2H]c1c([2H])c([2H])c(-c2ccc3c(c2)oc2cc(-c4c5ccccc5c(-c5ccccc5)c5ccccc45)ccc23)c([2H])c1[2H]. The van der Waals surface area contributed by atoms with Crippen LogP contribution in [0.25, 0.3) is 76.9 Å². The molecule has 0 aliphatic heterocycles. The maximum Gasteiger partial charge on any atom is 0.136 e. The molecule has 1 nitrogen and oxygen atoms in total. The van der Waals surface area contributed by atoms with Gasteiger partial charge in [-0.15, -0.1) is 0 Å². The number of benzene rings is 7. The fourth-order valence-corrected chi connectivity index (χ4v) is 5.84. The highest BCUT2D eigenvalue weighted by atomic mass is 16.3. The van der Waals surface area contributed by atoms with E-state index in [4.69, 9.17) is 11.3 Å². The summed E-state index contributed by atoms with van der Waals surface area (Å²) in [6.45, 7) is 0. The Bertz CT molecular complexity index is 2360. The van der Waals surface area contributed by atoms with Crippen LogP contribution in [0, 0.1) is 0 Å². The van der Waals surface area contributed by atoms with Crippen LogP contribution < -0.4 is 0 Å². The van der Waals surface area contributed by atoms with Crippen LogP contribution in [0.2, 0.25) is 0 Å². The van der Waals surface area contributed by atoms with Crippen molar-refractivity contribution in [1.29, 1.82) is 0 Å². The van der Waals surface area contributed by atoms with Crippen molar-refractivity contribution >= 4 is 43.5 Å². The second-order valence-electron chi connectivity index (χ2n) is 9.73. The normalized spacial score (nSPS) is 13.4. The molecule has 0 amide bonds. The molecule has 39 heavy (non-hydrogen) atoms. The van der Waals surface area contributed by atoms with Crippen molar-refractivity contribution in [3.8, 4) is 33.4 Å². The minimum atomic E-state index is -0.405. The van der Waals surface area contributed by atoms with E-state index in [9.17, 15) is 0 Å². The summed E-state index contributed by atoms with van der Waals surface area (Å²) in [5.74, 6) is 0. The predicted octanol–water partition coefficient (Wildman–Crippen LogP) is 10.9. The molecule has 0 N–H and O–H groups in total. The van der Waals surface area contributed by atoms with E-state index in [0.29, 0.717) is 11.1 Å². The Balaban J connectivity index is 1.35. The summed E-state index contributed by atoms with van der Waals surface area (Å²) in [5.41, 5.74) is 6.55. The van der Waals surface area contributed by atoms with Crippen molar-refractivity contribution in [2.75, 3.05) is 0 Å². The predicted molar refractivity (Wildman–Crippen MR) is 165 cm³/mol. The lowest BCUT2D eigenvalue weighted by molar-refractivity contribution is 0.669. The Hall–Kier alpha value is -5.14. The fourth-order valence-electron chi connectivity index (χ4n) is 5.84. The highest BCUT2D eigenvalue weighted by molar-refractivity contribution is 6.22. The summed E-state index contributed by atoms with van der Waals surface area (Å²) in [4.78, 5) is 0. The van der Waals surface area contributed by atoms with Gasteiger partial charge in [0.15, 0.2) is 0 Å². The first-order valence-corrected chi connectivity index (χ1v) is 12.9. The number of hydrogen-bond acceptors (Lipinski definition) is 1. The first-order valence-electron chi connectivity index (χ1n) is 15.4. The van der Waals surface area contributed by atoms with Crippen LogP contribution >= 0.6 is 0 Å². The molecule has 0 fully saturated rings. The Morgan fingerprint density at radius 1 is 0.385 bits per heavy atom. The van der Waals surface area contributed by atoms with Gasteiger partial charge in [0.1, 0.15) is 11.2 Å². The lowest BCUT2D eigenvalue weighted by atomic mass is 9.86. The molecule has 0 saturated heterocycles. The van der Waals surface area contributed by atoms with Gasteiger partial charge in [-0.25, -0.2) is 0 Å². The Labute approximate surface area is 233 Å². The first kappa shape index (κ1) is 17.4. The van der Waals surface area contributed by atoms with Gasteiger partial charge in [0, 0.05) is 10.8 Å². The molecule has 0 radical (unpaired) electrons. The summed E-state index contributed by atoms with van der Waals surface area (Å²) >= 11 is 0. The summed E-state index contributed by atoms with van der Waals surface area (Å²) in [7, 11) is 0. The van der Waals surface area contributed by atoms with Gasteiger partial charge in [-0.2, -0.15) is 0 Å². The van der Waals surface area contributed by atoms with Gasteiger partial charge in [-0.1, -0.05) is 121 Å². The van der Waals surface area contributed by atoms with Crippen LogP contribution in [0.5, 0.6) is 0 Å². The third-order valence-corrected chi connectivity index (χ3v) is 7.54. The number of hydrogen-bond donors (Lipinski definition) is 0. The van der Waals surface area contributed by atoms with Gasteiger partial charge in [0.2, 0.25) is 0 Å². The van der Waals surface area contributed by atoms with E-state index in [1.807, 2.05) is 12.1 Å². The van der Waals surface area contributed by atoms with Crippen LogP contribution in [-0.4, -0.2) is 0 Å². The second kappa shape index (κ2) is 8.72. The van der Waals surface area contributed by atoms with Crippen molar-refractivity contribution in [1.82, 2.24) is 0 Å². The van der Waals surface area contributed by atoms with Crippen LogP contribution in [0.1, 0.15) is 6.85 Å². The van der Waals surface area contributed by atoms with E-state index in [2.05, 4.69) is 91.0 Å². The highest BCUT2D eigenvalue weighted by Crippen LogP contribution is 2.44. The van der Waals surface area contributed by atoms with Crippen molar-refractivity contribution in [3.63, 3.8) is 0 Å². The van der Waals surface area contributed by atoms with Gasteiger partial charge >= 0.3 is 0 Å². The van der Waals surface area contributed by atoms with Crippen LogP contribution in [0.3, 0.4) is 0 Å². The summed E-state index contributed by atoms with van der Waals surface area (Å²) in [6.07, 6.45) is 0. The largest absolute Gasteiger partial charge is 0.456 e. The molecule has 0 unspecified atom stereocenters. The number of furan rings is 1. The van der Waals surface area contributed by atoms with Crippen LogP contribution in [0.4, 0.5) is 0 Å². The lowest BCUT2D eigenvalue weighted by Crippen LogP contribution is -1.90. The van der Waals surface area contributed by atoms with Crippen LogP contribution in [0.15, 0.2) is 150 Å². The standard InChI is InChI=1S/C38H24O/c1-3-11-25(12-4-1)27-19-21-29-30-22-20-28(24-36(30)39-35(29)23-27)38-33-17-9-7-15-31(33)37(26-13-5-2-6-14-26)32-16-8-10-18-34(32)38/h1-24H/i1D,3D,4D,11D,12D. The van der Waals surface area contributed by atoms with E-state index < -0.39 is 6.04 Å². The van der Waals surface area contributed by atoms with Crippen molar-refractivity contribution in [2.45, 2.75) is 0 Å². The minimum Gasteiger partial charge on any atom is -0.456 e. The molecule has 182 valence electrons. The smallest absolute Gasteiger partial charge is 0.136 e. The molecule has 1 aromatic heterocycles. The van der Waals surface area contributed by atoms with Crippen molar-refractivity contribution in [3.05, 3.63) is 145 Å². The molecule has 8 rings (SSSR count). The van der Waals surface area contributed by atoms with Gasteiger partial charge in [0.05, 0.1) is 6.85 Å². The zero-order chi connectivity index (χ0) is 30.1. The van der Waals surface area contributed by atoms with Crippen LogP contribution in [-0.2, 0) is 0 Å². The summed E-state index contributed by atoms with van der Waals surface area (Å²) in [6, 6.07) is 37.8. The summed E-state index contributed by atoms with van der Waals surface area (Å²) < 4.78 is 47.3. The van der Waals surface area contributed by atoms with E-state index in [-0.39, 0.29) is 29.7 Å². The van der Waals surface area contributed by atoms with Gasteiger partial charge in [-0.05, 0) is 79.2 Å². The molecular weight excluding hydrogens is 472 g/mol. The molecule has 0 saturated carbocycles. The molecule has 0 aliphatic rings. The topological polar surface area (TPSA) is 13.1 Å². The van der Waals surface area contributed by atoms with Crippen molar-refractivity contribution in [2.24, 2.45) is 0 Å². The molecule has 0 aliphatic carbocycles. The maximum atomic E-state index is 8.41. The first-order chi connectivity index (χ1) is 21.4. The van der Waals surface area contributed by atoms with E-state index in [0.717, 1.165) is 38.3 Å². The van der Waals surface area contributed by atoms with Gasteiger partial charge in [0.25, 0.3) is 0 Å². The van der Waals surface area contributed by atoms with E-state index in [1.54, 1.807) is 12.1 Å². The third-order valence-electron chi connectivity index (χ3n) is 7.54. The Morgan fingerprint density at radius 3 is 1.46 bits per heavy atom. The molecule has 0 bridgehead atoms. The third kappa shape index (κ3) is 3.48. The second-order valence-corrected chi connectivity index (χ2v) is 9.73. The average Bonchev–Trinajstić information content (AvgIpc) is 3.43. The Kier molecular flexibility index (Phi) is 3.89. The van der Waals surface area contributed by atoms with E-state index in [1.165, 1.54) is 21.9 Å². The summed E-state index contributed by atoms with van der Waals surface area (Å²) in [5, 5.41) is 6.52. The number of fused-ring (bicyclic) bond motifs is 5. The maximum absolute atomic E-state index is 8.41. The quantitative estimate of drug-likeness (QED) is 0.219. The molecule has 1 heteroatoms. The molecule has 0 spiro atoms. The van der Waals surface area contributed by atoms with E-state index >= 15 is 0 Å². The monoisotopic (exact) mass is 501 g/mol. The lowest BCUT2D eigenvalue weighted by Gasteiger charge is -2.17. The average molecular weight is 502 g/mol. The molecule has 0 atom stereocenters. The Morgan fingerprint density at radius 2 is 0.872 bits per heavy atom. The molecular formula is C38H24O. The number of rotatable bonds is 3. The highest BCUT2D eigenvalue weighted by Gasteiger charge is 2.17. The fraction of sp³-hybridized carbons (Fsp3) is 0. The minimum absolute atomic E-state index is 0.162. The van der Waals surface area contributed by atoms with Crippen molar-refractivity contribution < 1.29 is 11.3 Å². The van der Waals surface area contributed by atoms with Gasteiger partial charge in [-0.3, -0.25) is 0 Å².